The lowest BCUT2D eigenvalue weighted by molar-refractivity contribution is -0.120. The summed E-state index contributed by atoms with van der Waals surface area (Å²) < 4.78 is 1.88. The van der Waals surface area contributed by atoms with E-state index < -0.39 is 0 Å². The third kappa shape index (κ3) is 2.36. The van der Waals surface area contributed by atoms with Crippen LogP contribution in [0.25, 0.3) is 0 Å². The predicted octanol–water partition coefficient (Wildman–Crippen LogP) is 3.29. The van der Waals surface area contributed by atoms with Gasteiger partial charge >= 0.3 is 0 Å². The Morgan fingerprint density at radius 3 is 2.83 bits per heavy atom. The number of carbonyl (C=O) groups is 1. The molecule has 1 aromatic carbocycles. The molecule has 1 amide bonds. The summed E-state index contributed by atoms with van der Waals surface area (Å²) in [5.74, 6) is 0.253. The minimum atomic E-state index is 0.120. The molecule has 1 aromatic rings. The fraction of sp³-hybridized carbons (Fsp3) is 0.462. The topological polar surface area (TPSA) is 41.1 Å². The maximum atomic E-state index is 12.3. The predicted molar refractivity (Wildman–Crippen MR) is 78.5 cm³/mol. The van der Waals surface area contributed by atoms with Gasteiger partial charge in [-0.05, 0) is 53.4 Å². The van der Waals surface area contributed by atoms with Gasteiger partial charge in [0, 0.05) is 21.0 Å². The summed E-state index contributed by atoms with van der Waals surface area (Å²) in [7, 11) is 0. The number of benzene rings is 1. The number of fused-ring (bicyclic) bond motifs is 2. The monoisotopic (exact) mass is 372 g/mol. The molecule has 2 bridgehead atoms. The Labute approximate surface area is 123 Å². The van der Waals surface area contributed by atoms with Crippen molar-refractivity contribution in [3.63, 3.8) is 0 Å². The summed E-state index contributed by atoms with van der Waals surface area (Å²) in [6, 6.07) is 6.72. The lowest BCUT2D eigenvalue weighted by atomic mass is 9.88. The summed E-state index contributed by atoms with van der Waals surface area (Å²) in [5, 5.41) is 6.51. The van der Waals surface area contributed by atoms with Crippen molar-refractivity contribution in [1.82, 2.24) is 5.32 Å². The Kier molecular flexibility index (Phi) is 3.47. The van der Waals surface area contributed by atoms with E-state index in [0.29, 0.717) is 12.1 Å². The lowest BCUT2D eigenvalue weighted by Gasteiger charge is -2.19. The summed E-state index contributed by atoms with van der Waals surface area (Å²) in [5.41, 5.74) is 0.831. The highest BCUT2D eigenvalue weighted by Crippen LogP contribution is 2.34. The molecule has 2 saturated heterocycles. The molecule has 0 saturated carbocycles. The zero-order valence-electron chi connectivity index (χ0n) is 9.75. The van der Waals surface area contributed by atoms with Gasteiger partial charge in [0.2, 0.25) is 5.91 Å². The van der Waals surface area contributed by atoms with Crippen molar-refractivity contribution < 1.29 is 4.79 Å². The molecule has 96 valence electrons. The number of hydrogen-bond acceptors (Lipinski definition) is 2. The third-order valence-corrected chi connectivity index (χ3v) is 5.01. The number of rotatable bonds is 2. The Hall–Kier alpha value is -0.390. The highest BCUT2D eigenvalue weighted by molar-refractivity contribution is 9.11. The number of carbonyl (C=O) groups excluding carboxylic acids is 1. The van der Waals surface area contributed by atoms with Crippen molar-refractivity contribution in [2.45, 2.75) is 31.3 Å². The van der Waals surface area contributed by atoms with Crippen LogP contribution in [0.3, 0.4) is 0 Å². The van der Waals surface area contributed by atoms with Gasteiger partial charge in [0.1, 0.15) is 0 Å². The molecule has 0 aromatic heterocycles. The van der Waals surface area contributed by atoms with Crippen molar-refractivity contribution in [3.05, 3.63) is 27.1 Å². The van der Waals surface area contributed by atoms with Gasteiger partial charge in [-0.2, -0.15) is 0 Å². The van der Waals surface area contributed by atoms with E-state index in [2.05, 4.69) is 42.5 Å². The second kappa shape index (κ2) is 4.94. The van der Waals surface area contributed by atoms with E-state index in [1.165, 1.54) is 6.42 Å². The molecule has 2 fully saturated rings. The first-order valence-electron chi connectivity index (χ1n) is 6.15. The van der Waals surface area contributed by atoms with E-state index in [0.717, 1.165) is 27.5 Å². The molecule has 2 aliphatic rings. The zero-order chi connectivity index (χ0) is 12.7. The molecule has 0 aliphatic carbocycles. The van der Waals surface area contributed by atoms with Gasteiger partial charge in [-0.3, -0.25) is 4.79 Å². The molecule has 2 N–H and O–H groups in total. The number of hydrogen-bond donors (Lipinski definition) is 2. The van der Waals surface area contributed by atoms with Crippen LogP contribution >= 0.6 is 31.9 Å². The van der Waals surface area contributed by atoms with E-state index in [1.807, 2.05) is 18.2 Å². The molecular weight excluding hydrogens is 360 g/mol. The van der Waals surface area contributed by atoms with Crippen molar-refractivity contribution in [3.8, 4) is 0 Å². The molecule has 0 radical (unpaired) electrons. The summed E-state index contributed by atoms with van der Waals surface area (Å²) in [6.45, 7) is 0. The van der Waals surface area contributed by atoms with Crippen molar-refractivity contribution >= 4 is 43.5 Å². The number of halogens is 2. The lowest BCUT2D eigenvalue weighted by Crippen LogP contribution is -2.32. The molecule has 2 aliphatic heterocycles. The van der Waals surface area contributed by atoms with E-state index in [9.17, 15) is 4.79 Å². The third-order valence-electron chi connectivity index (χ3n) is 3.82. The van der Waals surface area contributed by atoms with Crippen molar-refractivity contribution in [1.29, 1.82) is 0 Å². The Bertz CT molecular complexity index is 492. The largest absolute Gasteiger partial charge is 0.325 e. The van der Waals surface area contributed by atoms with Gasteiger partial charge in [0.25, 0.3) is 0 Å². The van der Waals surface area contributed by atoms with E-state index in [-0.39, 0.29) is 11.8 Å². The van der Waals surface area contributed by atoms with Crippen LogP contribution in [0.15, 0.2) is 27.1 Å². The van der Waals surface area contributed by atoms with Crippen LogP contribution < -0.4 is 10.6 Å². The Balaban J connectivity index is 1.72. The highest BCUT2D eigenvalue weighted by atomic mass is 79.9. The zero-order valence-corrected chi connectivity index (χ0v) is 12.9. The maximum Gasteiger partial charge on any atom is 0.229 e. The van der Waals surface area contributed by atoms with E-state index >= 15 is 0 Å². The Morgan fingerprint density at radius 2 is 2.17 bits per heavy atom. The molecule has 3 nitrogen and oxygen atoms in total. The van der Waals surface area contributed by atoms with Crippen LogP contribution in [0.2, 0.25) is 0 Å². The molecular formula is C13H14Br2N2O. The van der Waals surface area contributed by atoms with Gasteiger partial charge in [0.15, 0.2) is 0 Å². The average molecular weight is 374 g/mol. The number of anilines is 1. The Morgan fingerprint density at radius 1 is 1.33 bits per heavy atom. The first-order valence-corrected chi connectivity index (χ1v) is 7.74. The van der Waals surface area contributed by atoms with Crippen molar-refractivity contribution in [2.75, 3.05) is 5.32 Å². The van der Waals surface area contributed by atoms with Gasteiger partial charge in [0.05, 0.1) is 11.6 Å². The van der Waals surface area contributed by atoms with Gasteiger partial charge < -0.3 is 10.6 Å². The first-order chi connectivity index (χ1) is 8.63. The molecule has 2 heterocycles. The molecule has 3 rings (SSSR count). The second-order valence-electron chi connectivity index (χ2n) is 5.00. The van der Waals surface area contributed by atoms with Crippen LogP contribution in [-0.2, 0) is 4.79 Å². The van der Waals surface area contributed by atoms with Crippen LogP contribution in [0.1, 0.15) is 19.3 Å². The van der Waals surface area contributed by atoms with Crippen LogP contribution in [0, 0.1) is 5.92 Å². The summed E-state index contributed by atoms with van der Waals surface area (Å²) in [6.07, 6.45) is 3.32. The fourth-order valence-corrected chi connectivity index (χ4v) is 3.64. The highest BCUT2D eigenvalue weighted by Gasteiger charge is 2.42. The molecule has 18 heavy (non-hydrogen) atoms. The summed E-state index contributed by atoms with van der Waals surface area (Å²) in [4.78, 5) is 12.3. The van der Waals surface area contributed by atoms with Crippen LogP contribution in [0.4, 0.5) is 5.69 Å². The van der Waals surface area contributed by atoms with Gasteiger partial charge in [-0.1, -0.05) is 15.9 Å². The van der Waals surface area contributed by atoms with Crippen LogP contribution in [0.5, 0.6) is 0 Å². The smallest absolute Gasteiger partial charge is 0.229 e. The molecule has 5 heteroatoms. The molecule has 3 unspecified atom stereocenters. The van der Waals surface area contributed by atoms with E-state index in [1.54, 1.807) is 0 Å². The SMILES string of the molecule is O=C(Nc1cc(Br)ccc1Br)C1CC2CCC1N2. The number of amides is 1. The van der Waals surface area contributed by atoms with Gasteiger partial charge in [-0.25, -0.2) is 0 Å². The molecule has 3 atom stereocenters. The fourth-order valence-electron chi connectivity index (χ4n) is 2.93. The summed E-state index contributed by atoms with van der Waals surface area (Å²) >= 11 is 6.88. The first kappa shape index (κ1) is 12.6. The number of nitrogens with one attached hydrogen (secondary N) is 2. The second-order valence-corrected chi connectivity index (χ2v) is 6.77. The maximum absolute atomic E-state index is 12.3. The minimum Gasteiger partial charge on any atom is -0.325 e. The quantitative estimate of drug-likeness (QED) is 0.835. The minimum absolute atomic E-state index is 0.120. The van der Waals surface area contributed by atoms with Crippen molar-refractivity contribution in [2.24, 2.45) is 5.92 Å². The average Bonchev–Trinajstić information content (AvgIpc) is 2.96. The normalized spacial score (nSPS) is 29.6. The van der Waals surface area contributed by atoms with Crippen LogP contribution in [-0.4, -0.2) is 18.0 Å². The van der Waals surface area contributed by atoms with Gasteiger partial charge in [-0.15, -0.1) is 0 Å². The molecule has 0 spiro atoms. The standard InChI is InChI=1S/C13H14Br2N2O/c14-7-1-3-10(15)12(5-7)17-13(18)9-6-8-2-4-11(9)16-8/h1,3,5,8-9,11,16H,2,4,6H2,(H,17,18). The van der Waals surface area contributed by atoms with E-state index in [4.69, 9.17) is 0 Å².